The van der Waals surface area contributed by atoms with Gasteiger partial charge in [-0.15, -0.1) is 0 Å². The predicted molar refractivity (Wildman–Crippen MR) is 77.4 cm³/mol. The van der Waals surface area contributed by atoms with E-state index in [4.69, 9.17) is 4.74 Å². The first-order valence-corrected chi connectivity index (χ1v) is 6.96. The van der Waals surface area contributed by atoms with Gasteiger partial charge in [0.1, 0.15) is 5.82 Å². The van der Waals surface area contributed by atoms with E-state index in [1.165, 1.54) is 0 Å². The Bertz CT molecular complexity index is 417. The first-order chi connectivity index (χ1) is 9.08. The fourth-order valence-electron chi connectivity index (χ4n) is 2.22. The number of nitrogens with one attached hydrogen (secondary N) is 1. The second-order valence-corrected chi connectivity index (χ2v) is 5.39. The Labute approximate surface area is 114 Å². The molecule has 1 saturated heterocycles. The van der Waals surface area contributed by atoms with Gasteiger partial charge in [-0.25, -0.2) is 4.39 Å². The standard InChI is InChI=1S/C15H23FN2O/c1-11(2)18(3)15-7-6-12(9-14(15)16)17-10-13-5-4-8-19-13/h6-7,9,11,13,17H,4-5,8,10H2,1-3H3. The van der Waals surface area contributed by atoms with Crippen LogP contribution < -0.4 is 10.2 Å². The molecule has 0 spiro atoms. The van der Waals surface area contributed by atoms with Gasteiger partial charge >= 0.3 is 0 Å². The molecule has 1 aromatic rings. The fraction of sp³-hybridized carbons (Fsp3) is 0.600. The van der Waals surface area contributed by atoms with Gasteiger partial charge in [-0.3, -0.25) is 0 Å². The highest BCUT2D eigenvalue weighted by atomic mass is 19.1. The molecule has 4 heteroatoms. The zero-order valence-corrected chi connectivity index (χ0v) is 11.9. The molecule has 1 heterocycles. The Morgan fingerprint density at radius 2 is 2.26 bits per heavy atom. The van der Waals surface area contributed by atoms with Crippen molar-refractivity contribution in [3.8, 4) is 0 Å². The molecule has 1 fully saturated rings. The molecule has 2 rings (SSSR count). The molecule has 1 aromatic carbocycles. The van der Waals surface area contributed by atoms with Gasteiger partial charge in [-0.1, -0.05) is 0 Å². The van der Waals surface area contributed by atoms with E-state index in [0.29, 0.717) is 5.69 Å². The van der Waals surface area contributed by atoms with Crippen molar-refractivity contribution in [2.24, 2.45) is 0 Å². The van der Waals surface area contributed by atoms with E-state index < -0.39 is 0 Å². The molecule has 0 aliphatic carbocycles. The lowest BCUT2D eigenvalue weighted by atomic mass is 10.2. The number of hydrogen-bond donors (Lipinski definition) is 1. The predicted octanol–water partition coefficient (Wildman–Crippen LogP) is 3.26. The highest BCUT2D eigenvalue weighted by molar-refractivity contribution is 5.56. The molecular formula is C15H23FN2O. The molecule has 1 aliphatic rings. The summed E-state index contributed by atoms with van der Waals surface area (Å²) in [6.45, 7) is 5.68. The van der Waals surface area contributed by atoms with Gasteiger partial charge in [0.2, 0.25) is 0 Å². The second-order valence-electron chi connectivity index (χ2n) is 5.39. The number of rotatable bonds is 5. The van der Waals surface area contributed by atoms with Crippen molar-refractivity contribution in [3.05, 3.63) is 24.0 Å². The van der Waals surface area contributed by atoms with Crippen molar-refractivity contribution >= 4 is 11.4 Å². The number of anilines is 2. The number of ether oxygens (including phenoxy) is 1. The van der Waals surface area contributed by atoms with Crippen molar-refractivity contribution < 1.29 is 9.13 Å². The van der Waals surface area contributed by atoms with Crippen LogP contribution in [-0.2, 0) is 4.74 Å². The highest BCUT2D eigenvalue weighted by Crippen LogP contribution is 2.23. The number of hydrogen-bond acceptors (Lipinski definition) is 3. The molecule has 0 amide bonds. The maximum atomic E-state index is 14.0. The van der Waals surface area contributed by atoms with Gasteiger partial charge < -0.3 is 15.0 Å². The Morgan fingerprint density at radius 1 is 1.47 bits per heavy atom. The van der Waals surface area contributed by atoms with Crippen LogP contribution in [0.25, 0.3) is 0 Å². The molecule has 0 bridgehead atoms. The monoisotopic (exact) mass is 266 g/mol. The van der Waals surface area contributed by atoms with E-state index in [1.54, 1.807) is 6.07 Å². The lowest BCUT2D eigenvalue weighted by molar-refractivity contribution is 0.120. The van der Waals surface area contributed by atoms with Crippen molar-refractivity contribution in [2.75, 3.05) is 30.4 Å². The Hall–Kier alpha value is -1.29. The third-order valence-electron chi connectivity index (χ3n) is 3.66. The topological polar surface area (TPSA) is 24.5 Å². The lowest BCUT2D eigenvalue weighted by Crippen LogP contribution is -2.26. The van der Waals surface area contributed by atoms with E-state index in [1.807, 2.05) is 37.9 Å². The first kappa shape index (κ1) is 14.1. The molecule has 1 N–H and O–H groups in total. The maximum absolute atomic E-state index is 14.0. The summed E-state index contributed by atoms with van der Waals surface area (Å²) < 4.78 is 19.6. The van der Waals surface area contributed by atoms with Crippen LogP contribution in [0.1, 0.15) is 26.7 Å². The molecule has 1 atom stereocenters. The molecule has 1 aliphatic heterocycles. The van der Waals surface area contributed by atoms with Crippen molar-refractivity contribution in [2.45, 2.75) is 38.8 Å². The lowest BCUT2D eigenvalue weighted by Gasteiger charge is -2.24. The van der Waals surface area contributed by atoms with Gasteiger partial charge in [0.15, 0.2) is 0 Å². The minimum atomic E-state index is -0.187. The van der Waals surface area contributed by atoms with Gasteiger partial charge in [-0.2, -0.15) is 0 Å². The van der Waals surface area contributed by atoms with E-state index in [2.05, 4.69) is 5.32 Å². The van der Waals surface area contributed by atoms with E-state index in [0.717, 1.165) is 31.7 Å². The summed E-state index contributed by atoms with van der Waals surface area (Å²) in [6, 6.07) is 5.59. The largest absolute Gasteiger partial charge is 0.382 e. The summed E-state index contributed by atoms with van der Waals surface area (Å²) in [7, 11) is 1.91. The maximum Gasteiger partial charge on any atom is 0.148 e. The van der Waals surface area contributed by atoms with E-state index in [9.17, 15) is 4.39 Å². The normalized spacial score (nSPS) is 18.9. The van der Waals surface area contributed by atoms with Gasteiger partial charge in [0, 0.05) is 31.9 Å². The van der Waals surface area contributed by atoms with Crippen LogP contribution in [0.4, 0.5) is 15.8 Å². The second kappa shape index (κ2) is 6.24. The van der Waals surface area contributed by atoms with Crippen molar-refractivity contribution in [1.29, 1.82) is 0 Å². The quantitative estimate of drug-likeness (QED) is 0.885. The van der Waals surface area contributed by atoms with Crippen LogP contribution in [0.3, 0.4) is 0 Å². The van der Waals surface area contributed by atoms with Crippen molar-refractivity contribution in [1.82, 2.24) is 0 Å². The average Bonchev–Trinajstić information content (AvgIpc) is 2.88. The molecule has 106 valence electrons. The summed E-state index contributed by atoms with van der Waals surface area (Å²) in [5.41, 5.74) is 1.45. The smallest absolute Gasteiger partial charge is 0.148 e. The number of halogens is 1. The summed E-state index contributed by atoms with van der Waals surface area (Å²) >= 11 is 0. The summed E-state index contributed by atoms with van der Waals surface area (Å²) in [5, 5.41) is 3.24. The zero-order chi connectivity index (χ0) is 13.8. The molecule has 0 saturated carbocycles. The number of nitrogens with zero attached hydrogens (tertiary/aromatic N) is 1. The fourth-order valence-corrected chi connectivity index (χ4v) is 2.22. The molecule has 0 aromatic heterocycles. The summed E-state index contributed by atoms with van der Waals surface area (Å²) in [5.74, 6) is -0.187. The molecular weight excluding hydrogens is 243 g/mol. The van der Waals surface area contributed by atoms with Crippen LogP contribution in [0.5, 0.6) is 0 Å². The number of benzene rings is 1. The van der Waals surface area contributed by atoms with Crippen molar-refractivity contribution in [3.63, 3.8) is 0 Å². The Balaban J connectivity index is 1.97. The molecule has 1 unspecified atom stereocenters. The zero-order valence-electron chi connectivity index (χ0n) is 11.9. The van der Waals surface area contributed by atoms with Crippen LogP contribution in [0, 0.1) is 5.82 Å². The van der Waals surface area contributed by atoms with Crippen LogP contribution in [-0.4, -0.2) is 32.3 Å². The Morgan fingerprint density at radius 3 is 2.84 bits per heavy atom. The molecule has 3 nitrogen and oxygen atoms in total. The minimum absolute atomic E-state index is 0.187. The van der Waals surface area contributed by atoms with Gasteiger partial charge in [0.05, 0.1) is 11.8 Å². The van der Waals surface area contributed by atoms with E-state index in [-0.39, 0.29) is 18.0 Å². The SMILES string of the molecule is CC(C)N(C)c1ccc(NCC2CCCO2)cc1F. The van der Waals surface area contributed by atoms with Gasteiger partial charge in [0.25, 0.3) is 0 Å². The molecule has 0 radical (unpaired) electrons. The third kappa shape index (κ3) is 3.60. The third-order valence-corrected chi connectivity index (χ3v) is 3.66. The van der Waals surface area contributed by atoms with Crippen LogP contribution >= 0.6 is 0 Å². The minimum Gasteiger partial charge on any atom is -0.382 e. The highest BCUT2D eigenvalue weighted by Gasteiger charge is 2.15. The van der Waals surface area contributed by atoms with Crippen LogP contribution in [0.15, 0.2) is 18.2 Å². The summed E-state index contributed by atoms with van der Waals surface area (Å²) in [6.07, 6.45) is 2.48. The Kier molecular flexibility index (Phi) is 4.64. The summed E-state index contributed by atoms with van der Waals surface area (Å²) in [4.78, 5) is 1.93. The molecule has 19 heavy (non-hydrogen) atoms. The van der Waals surface area contributed by atoms with E-state index >= 15 is 0 Å². The van der Waals surface area contributed by atoms with Gasteiger partial charge in [-0.05, 0) is 44.9 Å². The first-order valence-electron chi connectivity index (χ1n) is 6.96. The van der Waals surface area contributed by atoms with Crippen LogP contribution in [0.2, 0.25) is 0 Å². The average molecular weight is 266 g/mol.